The molecular formula is C12H16NNaO2. The average Bonchev–Trinajstić information content (AvgIpc) is 2.25. The number of hydrogen-bond acceptors (Lipinski definition) is 3. The van der Waals surface area contributed by atoms with Crippen molar-refractivity contribution in [2.24, 2.45) is 0 Å². The van der Waals surface area contributed by atoms with Crippen molar-refractivity contribution in [1.82, 2.24) is 0 Å². The molecule has 1 aromatic rings. The molecule has 0 aliphatic carbocycles. The van der Waals surface area contributed by atoms with Crippen LogP contribution in [0.15, 0.2) is 30.3 Å². The number of benzene rings is 1. The molecule has 0 fully saturated rings. The van der Waals surface area contributed by atoms with Crippen LogP contribution in [0.25, 0.3) is 0 Å². The number of carbonyl (C=O) groups excluding carboxylic acids is 1. The van der Waals surface area contributed by atoms with Crippen molar-refractivity contribution in [1.29, 1.82) is 0 Å². The largest absolute Gasteiger partial charge is 1.00 e. The zero-order valence-electron chi connectivity index (χ0n) is 9.98. The minimum atomic E-state index is -0.973. The average molecular weight is 229 g/mol. The van der Waals surface area contributed by atoms with Crippen LogP contribution in [-0.4, -0.2) is 19.1 Å². The molecule has 0 bridgehead atoms. The van der Waals surface area contributed by atoms with Crippen molar-refractivity contribution in [2.75, 3.05) is 18.0 Å². The van der Waals surface area contributed by atoms with Gasteiger partial charge in [0.25, 0.3) is 0 Å². The number of para-hydroxylation sites is 1. The Bertz CT molecular complexity index is 303. The summed E-state index contributed by atoms with van der Waals surface area (Å²) in [5.41, 5.74) is 1.14. The van der Waals surface area contributed by atoms with Gasteiger partial charge in [-0.15, -0.1) is 0 Å². The molecule has 0 aromatic heterocycles. The fourth-order valence-electron chi connectivity index (χ4n) is 1.52. The van der Waals surface area contributed by atoms with Crippen molar-refractivity contribution in [2.45, 2.75) is 19.8 Å². The van der Waals surface area contributed by atoms with E-state index in [2.05, 4.69) is 11.8 Å². The first-order chi connectivity index (χ1) is 7.24. The summed E-state index contributed by atoms with van der Waals surface area (Å²) >= 11 is 0. The second-order valence-corrected chi connectivity index (χ2v) is 3.39. The number of carbonyl (C=O) groups is 1. The summed E-state index contributed by atoms with van der Waals surface area (Å²) in [7, 11) is 0. The summed E-state index contributed by atoms with van der Waals surface area (Å²) < 4.78 is 0. The molecule has 0 saturated heterocycles. The van der Waals surface area contributed by atoms with E-state index in [4.69, 9.17) is 0 Å². The Morgan fingerprint density at radius 1 is 1.31 bits per heavy atom. The van der Waals surface area contributed by atoms with Crippen LogP contribution in [-0.2, 0) is 4.79 Å². The summed E-state index contributed by atoms with van der Waals surface area (Å²) in [4.78, 5) is 12.4. The third-order valence-corrected chi connectivity index (χ3v) is 2.31. The van der Waals surface area contributed by atoms with E-state index >= 15 is 0 Å². The summed E-state index contributed by atoms with van der Waals surface area (Å²) in [5.74, 6) is -0.973. The minimum absolute atomic E-state index is 0. The molecule has 1 rings (SSSR count). The second-order valence-electron chi connectivity index (χ2n) is 3.39. The van der Waals surface area contributed by atoms with Crippen molar-refractivity contribution in [3.8, 4) is 0 Å². The van der Waals surface area contributed by atoms with Crippen LogP contribution in [0.2, 0.25) is 0 Å². The van der Waals surface area contributed by atoms with Gasteiger partial charge in [-0.1, -0.05) is 18.2 Å². The Balaban J connectivity index is 0.00000225. The quantitative estimate of drug-likeness (QED) is 0.532. The maximum absolute atomic E-state index is 10.3. The zero-order chi connectivity index (χ0) is 11.1. The summed E-state index contributed by atoms with van der Waals surface area (Å²) in [6, 6.07) is 10.00. The summed E-state index contributed by atoms with van der Waals surface area (Å²) in [6.45, 7) is 3.71. The number of carboxylic acids is 1. The van der Waals surface area contributed by atoms with Crippen LogP contribution >= 0.6 is 0 Å². The van der Waals surface area contributed by atoms with Gasteiger partial charge in [0.15, 0.2) is 0 Å². The number of aliphatic carboxylic acids is 1. The third-order valence-electron chi connectivity index (χ3n) is 2.31. The molecule has 16 heavy (non-hydrogen) atoms. The van der Waals surface area contributed by atoms with Crippen molar-refractivity contribution < 1.29 is 39.5 Å². The Labute approximate surface area is 119 Å². The maximum Gasteiger partial charge on any atom is 1.00 e. The molecule has 0 N–H and O–H groups in total. The number of anilines is 1. The zero-order valence-corrected chi connectivity index (χ0v) is 12.0. The Morgan fingerprint density at radius 2 is 1.94 bits per heavy atom. The van der Waals surface area contributed by atoms with E-state index < -0.39 is 5.97 Å². The maximum atomic E-state index is 10.3. The van der Waals surface area contributed by atoms with Crippen LogP contribution in [0, 0.1) is 0 Å². The fourth-order valence-corrected chi connectivity index (χ4v) is 1.52. The second kappa shape index (κ2) is 8.62. The van der Waals surface area contributed by atoms with Gasteiger partial charge >= 0.3 is 29.6 Å². The molecule has 0 saturated carbocycles. The van der Waals surface area contributed by atoms with Crippen LogP contribution < -0.4 is 39.6 Å². The molecule has 0 radical (unpaired) electrons. The van der Waals surface area contributed by atoms with E-state index in [-0.39, 0.29) is 36.0 Å². The first kappa shape index (κ1) is 15.5. The molecule has 82 valence electrons. The topological polar surface area (TPSA) is 43.4 Å². The number of rotatable bonds is 6. The molecule has 4 heteroatoms. The Kier molecular flexibility index (Phi) is 8.35. The van der Waals surface area contributed by atoms with E-state index in [1.54, 1.807) is 0 Å². The van der Waals surface area contributed by atoms with E-state index in [9.17, 15) is 9.90 Å². The molecule has 0 aliphatic rings. The van der Waals surface area contributed by atoms with Crippen molar-refractivity contribution >= 4 is 11.7 Å². The molecule has 0 atom stereocenters. The van der Waals surface area contributed by atoms with Crippen LogP contribution in [0.1, 0.15) is 19.8 Å². The molecule has 0 unspecified atom stereocenters. The van der Waals surface area contributed by atoms with Gasteiger partial charge in [0.2, 0.25) is 0 Å². The van der Waals surface area contributed by atoms with Crippen LogP contribution in [0.3, 0.4) is 0 Å². The van der Waals surface area contributed by atoms with Crippen LogP contribution in [0.5, 0.6) is 0 Å². The van der Waals surface area contributed by atoms with E-state index in [0.29, 0.717) is 6.42 Å². The van der Waals surface area contributed by atoms with Gasteiger partial charge in [-0.25, -0.2) is 0 Å². The van der Waals surface area contributed by atoms with E-state index in [0.717, 1.165) is 18.8 Å². The normalized spacial score (nSPS) is 9.31. The van der Waals surface area contributed by atoms with Gasteiger partial charge < -0.3 is 14.8 Å². The Morgan fingerprint density at radius 3 is 2.44 bits per heavy atom. The van der Waals surface area contributed by atoms with Gasteiger partial charge in [-0.05, 0) is 31.9 Å². The molecular weight excluding hydrogens is 213 g/mol. The molecule has 0 heterocycles. The number of hydrogen-bond donors (Lipinski definition) is 0. The Hall–Kier alpha value is -0.510. The van der Waals surface area contributed by atoms with E-state index in [1.165, 1.54) is 0 Å². The van der Waals surface area contributed by atoms with Gasteiger partial charge in [-0.3, -0.25) is 0 Å². The third kappa shape index (κ3) is 5.54. The number of carboxylic acid groups (broad SMARTS) is 1. The predicted octanol–water partition coefficient (Wildman–Crippen LogP) is -1.95. The summed E-state index contributed by atoms with van der Waals surface area (Å²) in [6.07, 6.45) is 0.758. The molecule has 0 amide bonds. The molecule has 1 aromatic carbocycles. The standard InChI is InChI=1S/C12H17NO2.Na/c1-2-13(10-6-9-12(14)15)11-7-4-3-5-8-11;/h3-5,7-8H,2,6,9-10H2,1H3,(H,14,15);/q;+1/p-1. The first-order valence-electron chi connectivity index (χ1n) is 5.24. The van der Waals surface area contributed by atoms with Crippen molar-refractivity contribution in [3.05, 3.63) is 30.3 Å². The fraction of sp³-hybridized carbons (Fsp3) is 0.417. The van der Waals surface area contributed by atoms with Gasteiger partial charge in [0, 0.05) is 24.7 Å². The van der Waals surface area contributed by atoms with Gasteiger partial charge in [-0.2, -0.15) is 0 Å². The predicted molar refractivity (Wildman–Crippen MR) is 58.6 cm³/mol. The van der Waals surface area contributed by atoms with Crippen LogP contribution in [0.4, 0.5) is 5.69 Å². The van der Waals surface area contributed by atoms with Crippen molar-refractivity contribution in [3.63, 3.8) is 0 Å². The molecule has 0 spiro atoms. The van der Waals surface area contributed by atoms with Gasteiger partial charge in [0.1, 0.15) is 0 Å². The molecule has 3 nitrogen and oxygen atoms in total. The smallest absolute Gasteiger partial charge is 0.550 e. The minimum Gasteiger partial charge on any atom is -0.550 e. The van der Waals surface area contributed by atoms with E-state index in [1.807, 2.05) is 30.3 Å². The number of nitrogens with zero attached hydrogens (tertiary/aromatic N) is 1. The first-order valence-corrected chi connectivity index (χ1v) is 5.24. The SMILES string of the molecule is CCN(CCCC(=O)[O-])c1ccccc1.[Na+]. The summed E-state index contributed by atoms with van der Waals surface area (Å²) in [5, 5.41) is 10.3. The molecule has 0 aliphatic heterocycles. The monoisotopic (exact) mass is 229 g/mol. The van der Waals surface area contributed by atoms with Gasteiger partial charge in [0.05, 0.1) is 0 Å².